The predicted octanol–water partition coefficient (Wildman–Crippen LogP) is 3.37. The molecular formula is C13H7ClF5NO4S2. The highest BCUT2D eigenvalue weighted by Gasteiger charge is 2.38. The number of nitrogens with zero attached hydrogens (tertiary/aromatic N) is 1. The van der Waals surface area contributed by atoms with Gasteiger partial charge in [0.25, 0.3) is 0 Å². The first-order chi connectivity index (χ1) is 12.0. The summed E-state index contributed by atoms with van der Waals surface area (Å²) in [5.41, 5.74) is 0. The number of thiophene rings is 1. The van der Waals surface area contributed by atoms with Crippen LogP contribution < -0.4 is 0 Å². The lowest BCUT2D eigenvalue weighted by atomic mass is 10.3. The van der Waals surface area contributed by atoms with Gasteiger partial charge in [0.1, 0.15) is 6.54 Å². The van der Waals surface area contributed by atoms with Gasteiger partial charge in [-0.15, -0.1) is 11.3 Å². The van der Waals surface area contributed by atoms with E-state index in [1.807, 2.05) is 0 Å². The third-order valence-corrected chi connectivity index (χ3v) is 6.07. The molecule has 2 rings (SSSR count). The molecule has 2 aromatic rings. The normalized spacial score (nSPS) is 12.0. The van der Waals surface area contributed by atoms with E-state index in [0.29, 0.717) is 0 Å². The first-order valence-electron chi connectivity index (χ1n) is 6.44. The van der Waals surface area contributed by atoms with Crippen molar-refractivity contribution in [2.45, 2.75) is 11.4 Å². The van der Waals surface area contributed by atoms with Gasteiger partial charge in [0.2, 0.25) is 15.8 Å². The molecule has 0 fully saturated rings. The van der Waals surface area contributed by atoms with Gasteiger partial charge in [-0.25, -0.2) is 30.4 Å². The molecule has 0 amide bonds. The van der Waals surface area contributed by atoms with E-state index in [1.165, 1.54) is 12.1 Å². The van der Waals surface area contributed by atoms with E-state index in [0.717, 1.165) is 11.3 Å². The Bertz CT molecular complexity index is 950. The summed E-state index contributed by atoms with van der Waals surface area (Å²) in [6.45, 7) is -1.98. The zero-order valence-corrected chi connectivity index (χ0v) is 14.7. The standard InChI is InChI=1S/C13H7ClF5NO4S2/c14-6-2-1-5(25-6)3-20(4-7(21)22)26(23,24)13-11(18)9(16)8(15)10(17)12(13)19/h1-2H,3-4H2,(H,21,22). The number of halogens is 6. The molecule has 0 saturated heterocycles. The molecule has 0 radical (unpaired) electrons. The van der Waals surface area contributed by atoms with Crippen molar-refractivity contribution in [3.8, 4) is 0 Å². The maximum atomic E-state index is 13.8. The van der Waals surface area contributed by atoms with Gasteiger partial charge in [0, 0.05) is 11.4 Å². The summed E-state index contributed by atoms with van der Waals surface area (Å²) in [6, 6.07) is 2.67. The average molecular weight is 436 g/mol. The van der Waals surface area contributed by atoms with Gasteiger partial charge in [0.05, 0.1) is 4.34 Å². The predicted molar refractivity (Wildman–Crippen MR) is 80.8 cm³/mol. The van der Waals surface area contributed by atoms with Crippen LogP contribution in [0.4, 0.5) is 22.0 Å². The molecule has 0 unspecified atom stereocenters. The van der Waals surface area contributed by atoms with E-state index in [1.54, 1.807) is 0 Å². The molecular weight excluding hydrogens is 429 g/mol. The Labute approximate surface area is 152 Å². The highest BCUT2D eigenvalue weighted by atomic mass is 35.5. The van der Waals surface area contributed by atoms with E-state index >= 15 is 0 Å². The van der Waals surface area contributed by atoms with Gasteiger partial charge in [-0.3, -0.25) is 4.79 Å². The minimum Gasteiger partial charge on any atom is -0.480 e. The SMILES string of the molecule is O=C(O)CN(Cc1ccc(Cl)s1)S(=O)(=O)c1c(F)c(F)c(F)c(F)c1F. The van der Waals surface area contributed by atoms with E-state index in [9.17, 15) is 35.2 Å². The number of rotatable bonds is 6. The van der Waals surface area contributed by atoms with E-state index in [4.69, 9.17) is 16.7 Å². The fourth-order valence-corrected chi connectivity index (χ4v) is 4.59. The molecule has 1 N–H and O–H groups in total. The Morgan fingerprint density at radius 1 is 1.04 bits per heavy atom. The zero-order chi connectivity index (χ0) is 19.8. The topological polar surface area (TPSA) is 74.7 Å². The number of aliphatic carboxylic acids is 1. The molecule has 0 spiro atoms. The first kappa shape index (κ1) is 20.6. The number of carboxylic acid groups (broad SMARTS) is 1. The van der Waals surface area contributed by atoms with Gasteiger partial charge in [-0.1, -0.05) is 11.6 Å². The zero-order valence-electron chi connectivity index (χ0n) is 12.3. The lowest BCUT2D eigenvalue weighted by molar-refractivity contribution is -0.137. The number of carboxylic acids is 1. The summed E-state index contributed by atoms with van der Waals surface area (Å²) < 4.78 is 92.6. The van der Waals surface area contributed by atoms with Crippen molar-refractivity contribution >= 4 is 38.9 Å². The quantitative estimate of drug-likeness (QED) is 0.429. The van der Waals surface area contributed by atoms with Crippen LogP contribution in [0.15, 0.2) is 17.0 Å². The third-order valence-electron chi connectivity index (χ3n) is 3.04. The number of benzene rings is 1. The molecule has 0 aliphatic carbocycles. The van der Waals surface area contributed by atoms with Crippen LogP contribution in [-0.4, -0.2) is 30.3 Å². The Kier molecular flexibility index (Phi) is 5.90. The van der Waals surface area contributed by atoms with Crippen LogP contribution >= 0.6 is 22.9 Å². The van der Waals surface area contributed by atoms with Gasteiger partial charge in [-0.2, -0.15) is 4.31 Å². The summed E-state index contributed by atoms with van der Waals surface area (Å²) in [7, 11) is -5.39. The smallest absolute Gasteiger partial charge is 0.318 e. The molecule has 0 aliphatic rings. The third kappa shape index (κ3) is 3.82. The van der Waals surface area contributed by atoms with Crippen molar-refractivity contribution in [2.24, 2.45) is 0 Å². The Balaban J connectivity index is 2.62. The van der Waals surface area contributed by atoms with Crippen LogP contribution in [0.5, 0.6) is 0 Å². The van der Waals surface area contributed by atoms with Crippen LogP contribution in [0, 0.1) is 29.1 Å². The van der Waals surface area contributed by atoms with Gasteiger partial charge < -0.3 is 5.11 Å². The molecule has 0 bridgehead atoms. The summed E-state index contributed by atoms with van der Waals surface area (Å²) in [5.74, 6) is -14.3. The van der Waals surface area contributed by atoms with Crippen LogP contribution in [0.3, 0.4) is 0 Å². The van der Waals surface area contributed by atoms with Crippen molar-refractivity contribution in [3.05, 3.63) is 50.4 Å². The monoisotopic (exact) mass is 435 g/mol. The maximum absolute atomic E-state index is 13.8. The Hall–Kier alpha value is -1.76. The number of carbonyl (C=O) groups is 1. The fraction of sp³-hybridized carbons (Fsp3) is 0.154. The van der Waals surface area contributed by atoms with E-state index in [-0.39, 0.29) is 13.5 Å². The van der Waals surface area contributed by atoms with Gasteiger partial charge in [-0.05, 0) is 12.1 Å². The molecule has 26 heavy (non-hydrogen) atoms. The summed E-state index contributed by atoms with van der Waals surface area (Å²) in [4.78, 5) is 8.97. The molecule has 1 aromatic carbocycles. The van der Waals surface area contributed by atoms with Crippen molar-refractivity contribution in [1.29, 1.82) is 0 Å². The van der Waals surface area contributed by atoms with Gasteiger partial charge in [0.15, 0.2) is 28.2 Å². The minimum atomic E-state index is -5.39. The molecule has 0 atom stereocenters. The molecule has 0 saturated carbocycles. The second-order valence-electron chi connectivity index (χ2n) is 4.77. The van der Waals surface area contributed by atoms with Crippen molar-refractivity contribution in [1.82, 2.24) is 4.31 Å². The molecule has 142 valence electrons. The molecule has 13 heteroatoms. The minimum absolute atomic E-state index is 0.0653. The second kappa shape index (κ2) is 7.47. The number of sulfonamides is 1. The van der Waals surface area contributed by atoms with Crippen molar-refractivity contribution in [2.75, 3.05) is 6.54 Å². The fourth-order valence-electron chi connectivity index (χ4n) is 1.93. The Morgan fingerprint density at radius 2 is 1.54 bits per heavy atom. The Morgan fingerprint density at radius 3 is 1.96 bits per heavy atom. The molecule has 1 heterocycles. The maximum Gasteiger partial charge on any atom is 0.318 e. The summed E-state index contributed by atoms with van der Waals surface area (Å²) in [5, 5.41) is 8.84. The van der Waals surface area contributed by atoms with Gasteiger partial charge >= 0.3 is 5.97 Å². The molecule has 0 aliphatic heterocycles. The van der Waals surface area contributed by atoms with Crippen LogP contribution in [0.2, 0.25) is 4.34 Å². The van der Waals surface area contributed by atoms with E-state index in [2.05, 4.69) is 0 Å². The number of hydrogen-bond donors (Lipinski definition) is 1. The largest absolute Gasteiger partial charge is 0.480 e. The van der Waals surface area contributed by atoms with Crippen LogP contribution in [0.1, 0.15) is 4.88 Å². The van der Waals surface area contributed by atoms with Crippen molar-refractivity contribution < 1.29 is 40.3 Å². The lowest BCUT2D eigenvalue weighted by Gasteiger charge is -2.20. The molecule has 5 nitrogen and oxygen atoms in total. The van der Waals surface area contributed by atoms with Crippen LogP contribution in [0.25, 0.3) is 0 Å². The van der Waals surface area contributed by atoms with Crippen LogP contribution in [-0.2, 0) is 21.4 Å². The lowest BCUT2D eigenvalue weighted by Crippen LogP contribution is -2.36. The first-order valence-corrected chi connectivity index (χ1v) is 9.07. The second-order valence-corrected chi connectivity index (χ2v) is 8.45. The average Bonchev–Trinajstić information content (AvgIpc) is 2.95. The highest BCUT2D eigenvalue weighted by molar-refractivity contribution is 7.89. The van der Waals surface area contributed by atoms with Crippen molar-refractivity contribution in [3.63, 3.8) is 0 Å². The molecule has 1 aromatic heterocycles. The summed E-state index contributed by atoms with van der Waals surface area (Å²) >= 11 is 6.51. The summed E-state index contributed by atoms with van der Waals surface area (Å²) in [6.07, 6.45) is 0. The highest BCUT2D eigenvalue weighted by Crippen LogP contribution is 2.31. The number of hydrogen-bond acceptors (Lipinski definition) is 4. The van der Waals surface area contributed by atoms with E-state index < -0.39 is 63.1 Å².